The summed E-state index contributed by atoms with van der Waals surface area (Å²) in [4.78, 5) is 15.2. The van der Waals surface area contributed by atoms with Crippen molar-refractivity contribution >= 4 is 5.97 Å². The van der Waals surface area contributed by atoms with E-state index in [0.29, 0.717) is 0 Å². The molecule has 0 aliphatic heterocycles. The van der Waals surface area contributed by atoms with Gasteiger partial charge in [0.15, 0.2) is 0 Å². The van der Waals surface area contributed by atoms with Crippen LogP contribution in [-0.4, -0.2) is 16.1 Å². The van der Waals surface area contributed by atoms with Gasteiger partial charge in [-0.05, 0) is 30.7 Å². The SMILES string of the molecule is CC(C(=O)O)c1cccc(-c2ccccn2)c1. The van der Waals surface area contributed by atoms with Crippen LogP contribution in [-0.2, 0) is 4.79 Å². The zero-order valence-corrected chi connectivity index (χ0v) is 9.50. The van der Waals surface area contributed by atoms with E-state index < -0.39 is 11.9 Å². The van der Waals surface area contributed by atoms with Gasteiger partial charge in [-0.1, -0.05) is 24.3 Å². The molecular weight excluding hydrogens is 214 g/mol. The van der Waals surface area contributed by atoms with Crippen LogP contribution in [0.1, 0.15) is 18.4 Å². The van der Waals surface area contributed by atoms with Gasteiger partial charge in [-0.2, -0.15) is 0 Å². The predicted octanol–water partition coefficient (Wildman–Crippen LogP) is 2.94. The fourth-order valence-corrected chi connectivity index (χ4v) is 1.64. The first-order valence-corrected chi connectivity index (χ1v) is 5.42. The Morgan fingerprint density at radius 2 is 2.06 bits per heavy atom. The minimum Gasteiger partial charge on any atom is -0.481 e. The van der Waals surface area contributed by atoms with E-state index in [2.05, 4.69) is 4.98 Å². The normalized spacial score (nSPS) is 12.1. The molecule has 0 amide bonds. The van der Waals surface area contributed by atoms with E-state index in [1.807, 2.05) is 42.5 Å². The minimum absolute atomic E-state index is 0.501. The third kappa shape index (κ3) is 2.50. The summed E-state index contributed by atoms with van der Waals surface area (Å²) in [5.41, 5.74) is 2.59. The van der Waals surface area contributed by atoms with Gasteiger partial charge in [0, 0.05) is 11.8 Å². The minimum atomic E-state index is -0.817. The molecular formula is C14H13NO2. The smallest absolute Gasteiger partial charge is 0.310 e. The summed E-state index contributed by atoms with van der Waals surface area (Å²) in [6.07, 6.45) is 1.72. The molecule has 2 rings (SSSR count). The van der Waals surface area contributed by atoms with E-state index in [0.717, 1.165) is 16.8 Å². The fraction of sp³-hybridized carbons (Fsp3) is 0.143. The second-order valence-electron chi connectivity index (χ2n) is 3.90. The average molecular weight is 227 g/mol. The highest BCUT2D eigenvalue weighted by atomic mass is 16.4. The first kappa shape index (κ1) is 11.3. The van der Waals surface area contributed by atoms with Gasteiger partial charge >= 0.3 is 5.97 Å². The van der Waals surface area contributed by atoms with Crippen molar-refractivity contribution in [3.05, 3.63) is 54.2 Å². The molecule has 0 saturated carbocycles. The number of hydrogen-bond acceptors (Lipinski definition) is 2. The molecule has 1 N–H and O–H groups in total. The Kier molecular flexibility index (Phi) is 3.19. The van der Waals surface area contributed by atoms with Crippen LogP contribution < -0.4 is 0 Å². The van der Waals surface area contributed by atoms with Crippen molar-refractivity contribution in [3.8, 4) is 11.3 Å². The number of aliphatic carboxylic acids is 1. The van der Waals surface area contributed by atoms with Crippen LogP contribution in [0.25, 0.3) is 11.3 Å². The molecule has 1 aromatic carbocycles. The van der Waals surface area contributed by atoms with Gasteiger partial charge in [-0.15, -0.1) is 0 Å². The fourth-order valence-electron chi connectivity index (χ4n) is 1.64. The number of carboxylic acid groups (broad SMARTS) is 1. The Bertz CT molecular complexity index is 523. The highest BCUT2D eigenvalue weighted by Gasteiger charge is 2.13. The maximum Gasteiger partial charge on any atom is 0.310 e. The number of carbonyl (C=O) groups is 1. The maximum absolute atomic E-state index is 10.9. The molecule has 3 heteroatoms. The number of benzene rings is 1. The van der Waals surface area contributed by atoms with Crippen molar-refractivity contribution < 1.29 is 9.90 Å². The molecule has 17 heavy (non-hydrogen) atoms. The Labute approximate surface area is 99.8 Å². The lowest BCUT2D eigenvalue weighted by atomic mass is 9.98. The lowest BCUT2D eigenvalue weighted by molar-refractivity contribution is -0.138. The third-order valence-corrected chi connectivity index (χ3v) is 2.72. The quantitative estimate of drug-likeness (QED) is 0.877. The van der Waals surface area contributed by atoms with Crippen LogP contribution in [0.2, 0.25) is 0 Å². The van der Waals surface area contributed by atoms with Gasteiger partial charge in [0.1, 0.15) is 0 Å². The number of aromatic nitrogens is 1. The average Bonchev–Trinajstić information content (AvgIpc) is 2.39. The molecule has 0 fully saturated rings. The zero-order chi connectivity index (χ0) is 12.3. The van der Waals surface area contributed by atoms with Crippen LogP contribution in [0.4, 0.5) is 0 Å². The summed E-state index contributed by atoms with van der Waals surface area (Å²) < 4.78 is 0. The number of carboxylic acids is 1. The predicted molar refractivity (Wildman–Crippen MR) is 65.7 cm³/mol. The second kappa shape index (κ2) is 4.78. The number of nitrogens with zero attached hydrogens (tertiary/aromatic N) is 1. The Balaban J connectivity index is 2.39. The highest BCUT2D eigenvalue weighted by molar-refractivity contribution is 5.76. The topological polar surface area (TPSA) is 50.2 Å². The molecule has 1 unspecified atom stereocenters. The highest BCUT2D eigenvalue weighted by Crippen LogP contribution is 2.22. The van der Waals surface area contributed by atoms with Gasteiger partial charge in [-0.25, -0.2) is 0 Å². The summed E-state index contributed by atoms with van der Waals surface area (Å²) in [6, 6.07) is 13.2. The summed E-state index contributed by atoms with van der Waals surface area (Å²) >= 11 is 0. The molecule has 2 aromatic rings. The Morgan fingerprint density at radius 3 is 2.71 bits per heavy atom. The van der Waals surface area contributed by atoms with Crippen molar-refractivity contribution in [2.24, 2.45) is 0 Å². The lowest BCUT2D eigenvalue weighted by Crippen LogP contribution is -2.07. The van der Waals surface area contributed by atoms with E-state index in [4.69, 9.17) is 5.11 Å². The monoisotopic (exact) mass is 227 g/mol. The van der Waals surface area contributed by atoms with E-state index in [9.17, 15) is 4.79 Å². The van der Waals surface area contributed by atoms with Crippen molar-refractivity contribution in [3.63, 3.8) is 0 Å². The van der Waals surface area contributed by atoms with Gasteiger partial charge < -0.3 is 5.11 Å². The van der Waals surface area contributed by atoms with Crippen LogP contribution in [0.15, 0.2) is 48.7 Å². The van der Waals surface area contributed by atoms with E-state index >= 15 is 0 Å². The third-order valence-electron chi connectivity index (χ3n) is 2.72. The molecule has 86 valence electrons. The summed E-state index contributed by atoms with van der Waals surface area (Å²) in [5.74, 6) is -1.32. The molecule has 0 aliphatic rings. The first-order chi connectivity index (χ1) is 8.18. The van der Waals surface area contributed by atoms with Gasteiger partial charge in [0.2, 0.25) is 0 Å². The number of rotatable bonds is 3. The van der Waals surface area contributed by atoms with Crippen molar-refractivity contribution in [1.82, 2.24) is 4.98 Å². The van der Waals surface area contributed by atoms with E-state index in [1.54, 1.807) is 13.1 Å². The molecule has 0 spiro atoms. The van der Waals surface area contributed by atoms with Crippen LogP contribution in [0, 0.1) is 0 Å². The largest absolute Gasteiger partial charge is 0.481 e. The summed E-state index contributed by atoms with van der Waals surface area (Å²) in [6.45, 7) is 1.68. The molecule has 0 saturated heterocycles. The van der Waals surface area contributed by atoms with Gasteiger partial charge in [0.25, 0.3) is 0 Å². The number of pyridine rings is 1. The zero-order valence-electron chi connectivity index (χ0n) is 9.50. The molecule has 3 nitrogen and oxygen atoms in total. The number of hydrogen-bond donors (Lipinski definition) is 1. The van der Waals surface area contributed by atoms with Gasteiger partial charge in [0.05, 0.1) is 11.6 Å². The van der Waals surface area contributed by atoms with Gasteiger partial charge in [-0.3, -0.25) is 9.78 Å². The van der Waals surface area contributed by atoms with Crippen LogP contribution in [0.3, 0.4) is 0 Å². The first-order valence-electron chi connectivity index (χ1n) is 5.42. The van der Waals surface area contributed by atoms with Crippen LogP contribution >= 0.6 is 0 Å². The molecule has 0 aliphatic carbocycles. The summed E-state index contributed by atoms with van der Waals surface area (Å²) in [5, 5.41) is 8.98. The Hall–Kier alpha value is -2.16. The maximum atomic E-state index is 10.9. The Morgan fingerprint density at radius 1 is 1.24 bits per heavy atom. The lowest BCUT2D eigenvalue weighted by Gasteiger charge is -2.08. The van der Waals surface area contributed by atoms with Crippen molar-refractivity contribution in [1.29, 1.82) is 0 Å². The van der Waals surface area contributed by atoms with Crippen molar-refractivity contribution in [2.75, 3.05) is 0 Å². The molecule has 0 bridgehead atoms. The van der Waals surface area contributed by atoms with Crippen molar-refractivity contribution in [2.45, 2.75) is 12.8 Å². The standard InChI is InChI=1S/C14H13NO2/c1-10(14(16)17)11-5-4-6-12(9-11)13-7-2-3-8-15-13/h2-10H,1H3,(H,16,17). The second-order valence-corrected chi connectivity index (χ2v) is 3.90. The molecule has 1 aromatic heterocycles. The molecule has 1 atom stereocenters. The van der Waals surface area contributed by atoms with E-state index in [-0.39, 0.29) is 0 Å². The molecule has 0 radical (unpaired) electrons. The summed E-state index contributed by atoms with van der Waals surface area (Å²) in [7, 11) is 0. The molecule has 1 heterocycles. The van der Waals surface area contributed by atoms with E-state index in [1.165, 1.54) is 0 Å². The van der Waals surface area contributed by atoms with Crippen LogP contribution in [0.5, 0.6) is 0 Å².